The van der Waals surface area contributed by atoms with E-state index in [0.29, 0.717) is 0 Å². The van der Waals surface area contributed by atoms with Crippen LogP contribution in [-0.4, -0.2) is 30.8 Å². The van der Waals surface area contributed by atoms with Crippen molar-refractivity contribution in [3.05, 3.63) is 21.9 Å². The van der Waals surface area contributed by atoms with E-state index in [9.17, 15) is 4.79 Å². The maximum absolute atomic E-state index is 10.5. The topological polar surface area (TPSA) is 58.6 Å². The SMILES string of the molecule is CCCCOCCNCc1ccc(CC(=O)O)s1. The number of carbonyl (C=O) groups is 1. The summed E-state index contributed by atoms with van der Waals surface area (Å²) >= 11 is 1.55. The number of nitrogens with one attached hydrogen (secondary N) is 1. The highest BCUT2D eigenvalue weighted by atomic mass is 32.1. The third-order valence-corrected chi connectivity index (χ3v) is 3.49. The molecule has 0 aliphatic heterocycles. The fourth-order valence-corrected chi connectivity index (χ4v) is 2.44. The van der Waals surface area contributed by atoms with E-state index in [1.165, 1.54) is 4.88 Å². The van der Waals surface area contributed by atoms with Crippen molar-refractivity contribution < 1.29 is 14.6 Å². The number of hydrogen-bond donors (Lipinski definition) is 2. The Kier molecular flexibility index (Phi) is 7.64. The Labute approximate surface area is 112 Å². The van der Waals surface area contributed by atoms with E-state index in [-0.39, 0.29) is 6.42 Å². The largest absolute Gasteiger partial charge is 0.481 e. The molecule has 2 N–H and O–H groups in total. The van der Waals surface area contributed by atoms with Crippen LogP contribution in [0.5, 0.6) is 0 Å². The van der Waals surface area contributed by atoms with E-state index in [0.717, 1.165) is 44.0 Å². The number of aliphatic carboxylic acids is 1. The molecule has 0 saturated heterocycles. The standard InChI is InChI=1S/C13H21NO3S/c1-2-3-7-17-8-6-14-10-12-5-4-11(18-12)9-13(15)16/h4-5,14H,2-3,6-10H2,1H3,(H,15,16). The summed E-state index contributed by atoms with van der Waals surface area (Å²) in [5.41, 5.74) is 0. The zero-order chi connectivity index (χ0) is 13.2. The molecule has 0 fully saturated rings. The van der Waals surface area contributed by atoms with Crippen LogP contribution >= 0.6 is 11.3 Å². The van der Waals surface area contributed by atoms with Crippen molar-refractivity contribution in [1.82, 2.24) is 5.32 Å². The van der Waals surface area contributed by atoms with Gasteiger partial charge >= 0.3 is 5.97 Å². The van der Waals surface area contributed by atoms with Crippen molar-refractivity contribution in [3.8, 4) is 0 Å². The second-order valence-corrected chi connectivity index (χ2v) is 5.33. The van der Waals surface area contributed by atoms with Crippen molar-refractivity contribution in [2.45, 2.75) is 32.7 Å². The van der Waals surface area contributed by atoms with E-state index in [4.69, 9.17) is 9.84 Å². The number of carboxylic acid groups (broad SMARTS) is 1. The zero-order valence-corrected chi connectivity index (χ0v) is 11.6. The van der Waals surface area contributed by atoms with Crippen molar-refractivity contribution in [2.75, 3.05) is 19.8 Å². The minimum Gasteiger partial charge on any atom is -0.481 e. The summed E-state index contributed by atoms with van der Waals surface area (Å²) in [6.07, 6.45) is 2.39. The van der Waals surface area contributed by atoms with Crippen LogP contribution in [0, 0.1) is 0 Å². The van der Waals surface area contributed by atoms with Gasteiger partial charge in [0.25, 0.3) is 0 Å². The van der Waals surface area contributed by atoms with Gasteiger partial charge in [-0.2, -0.15) is 0 Å². The van der Waals surface area contributed by atoms with Gasteiger partial charge in [-0.15, -0.1) is 11.3 Å². The number of carboxylic acids is 1. The van der Waals surface area contributed by atoms with Crippen LogP contribution in [0.25, 0.3) is 0 Å². The zero-order valence-electron chi connectivity index (χ0n) is 10.8. The number of hydrogen-bond acceptors (Lipinski definition) is 4. The molecule has 0 atom stereocenters. The molecule has 0 saturated carbocycles. The van der Waals surface area contributed by atoms with Crippen LogP contribution in [0.1, 0.15) is 29.5 Å². The predicted octanol–water partition coefficient (Wildman–Crippen LogP) is 2.28. The molecule has 0 bridgehead atoms. The lowest BCUT2D eigenvalue weighted by atomic mass is 10.3. The van der Waals surface area contributed by atoms with Gasteiger partial charge < -0.3 is 15.2 Å². The fraction of sp³-hybridized carbons (Fsp3) is 0.615. The molecule has 0 aliphatic rings. The lowest BCUT2D eigenvalue weighted by Crippen LogP contribution is -2.18. The summed E-state index contributed by atoms with van der Waals surface area (Å²) in [4.78, 5) is 12.6. The summed E-state index contributed by atoms with van der Waals surface area (Å²) in [6, 6.07) is 3.86. The number of unbranched alkanes of at least 4 members (excludes halogenated alkanes) is 1. The van der Waals surface area contributed by atoms with Gasteiger partial charge in [0.05, 0.1) is 13.0 Å². The van der Waals surface area contributed by atoms with Gasteiger partial charge in [-0.05, 0) is 18.6 Å². The molecular formula is C13H21NO3S. The summed E-state index contributed by atoms with van der Waals surface area (Å²) < 4.78 is 5.43. The molecule has 4 nitrogen and oxygen atoms in total. The van der Waals surface area contributed by atoms with Crippen LogP contribution in [0.15, 0.2) is 12.1 Å². The molecule has 1 aromatic heterocycles. The lowest BCUT2D eigenvalue weighted by Gasteiger charge is -2.04. The Hall–Kier alpha value is -0.910. The van der Waals surface area contributed by atoms with Gasteiger partial charge in [0.2, 0.25) is 0 Å². The highest BCUT2D eigenvalue weighted by Gasteiger charge is 2.04. The maximum atomic E-state index is 10.5. The molecule has 1 aromatic rings. The molecule has 1 rings (SSSR count). The number of thiophene rings is 1. The first-order valence-corrected chi connectivity index (χ1v) is 7.12. The smallest absolute Gasteiger partial charge is 0.308 e. The normalized spacial score (nSPS) is 10.7. The third-order valence-electron chi connectivity index (χ3n) is 2.41. The van der Waals surface area contributed by atoms with Crippen LogP contribution in [-0.2, 0) is 22.5 Å². The molecule has 0 radical (unpaired) electrons. The molecule has 0 spiro atoms. The Bertz CT molecular complexity index is 352. The molecule has 102 valence electrons. The Morgan fingerprint density at radius 2 is 2.17 bits per heavy atom. The summed E-state index contributed by atoms with van der Waals surface area (Å²) in [6.45, 7) is 5.32. The predicted molar refractivity (Wildman–Crippen MR) is 73.1 cm³/mol. The minimum atomic E-state index is -0.777. The average molecular weight is 271 g/mol. The van der Waals surface area contributed by atoms with Gasteiger partial charge in [0.1, 0.15) is 0 Å². The molecule has 1 heterocycles. The second kappa shape index (κ2) is 9.08. The van der Waals surface area contributed by atoms with E-state index >= 15 is 0 Å². The first kappa shape index (κ1) is 15.1. The highest BCUT2D eigenvalue weighted by molar-refractivity contribution is 7.12. The van der Waals surface area contributed by atoms with Crippen molar-refractivity contribution >= 4 is 17.3 Å². The lowest BCUT2D eigenvalue weighted by molar-refractivity contribution is -0.136. The van der Waals surface area contributed by atoms with Crippen molar-refractivity contribution in [2.24, 2.45) is 0 Å². The monoisotopic (exact) mass is 271 g/mol. The average Bonchev–Trinajstić information content (AvgIpc) is 2.75. The van der Waals surface area contributed by atoms with Crippen molar-refractivity contribution in [3.63, 3.8) is 0 Å². The number of ether oxygens (including phenoxy) is 1. The molecular weight excluding hydrogens is 250 g/mol. The third kappa shape index (κ3) is 6.74. The van der Waals surface area contributed by atoms with Crippen molar-refractivity contribution in [1.29, 1.82) is 0 Å². The van der Waals surface area contributed by atoms with Gasteiger partial charge in [0, 0.05) is 29.5 Å². The van der Waals surface area contributed by atoms with Crippen LogP contribution in [0.3, 0.4) is 0 Å². The van der Waals surface area contributed by atoms with Crippen LogP contribution < -0.4 is 5.32 Å². The summed E-state index contributed by atoms with van der Waals surface area (Å²) in [5.74, 6) is -0.777. The molecule has 0 unspecified atom stereocenters. The fourth-order valence-electron chi connectivity index (χ4n) is 1.47. The quantitative estimate of drug-likeness (QED) is 0.641. The highest BCUT2D eigenvalue weighted by Crippen LogP contribution is 2.16. The summed E-state index contributed by atoms with van der Waals surface area (Å²) in [5, 5.41) is 12.0. The molecule has 0 aromatic carbocycles. The molecule has 0 aliphatic carbocycles. The van der Waals surface area contributed by atoms with Crippen LogP contribution in [0.2, 0.25) is 0 Å². The minimum absolute atomic E-state index is 0.116. The summed E-state index contributed by atoms with van der Waals surface area (Å²) in [7, 11) is 0. The molecule has 0 amide bonds. The Morgan fingerprint density at radius 3 is 2.89 bits per heavy atom. The second-order valence-electron chi connectivity index (χ2n) is 4.08. The molecule has 5 heteroatoms. The van der Waals surface area contributed by atoms with Gasteiger partial charge in [-0.1, -0.05) is 13.3 Å². The molecule has 18 heavy (non-hydrogen) atoms. The van der Waals surface area contributed by atoms with Gasteiger partial charge in [0.15, 0.2) is 0 Å². The first-order chi connectivity index (χ1) is 8.72. The van der Waals surface area contributed by atoms with Gasteiger partial charge in [-0.25, -0.2) is 0 Å². The van der Waals surface area contributed by atoms with E-state index in [1.54, 1.807) is 11.3 Å². The Morgan fingerprint density at radius 1 is 1.39 bits per heavy atom. The van der Waals surface area contributed by atoms with E-state index in [2.05, 4.69) is 12.2 Å². The number of rotatable bonds is 10. The van der Waals surface area contributed by atoms with Gasteiger partial charge in [-0.3, -0.25) is 4.79 Å². The van der Waals surface area contributed by atoms with Crippen LogP contribution in [0.4, 0.5) is 0 Å². The van der Waals surface area contributed by atoms with E-state index in [1.807, 2.05) is 12.1 Å². The first-order valence-electron chi connectivity index (χ1n) is 6.30. The maximum Gasteiger partial charge on any atom is 0.308 e. The van der Waals surface area contributed by atoms with E-state index < -0.39 is 5.97 Å². The Balaban J connectivity index is 2.08.